The van der Waals surface area contributed by atoms with Gasteiger partial charge < -0.3 is 15.4 Å². The second-order valence-electron chi connectivity index (χ2n) is 4.69. The summed E-state index contributed by atoms with van der Waals surface area (Å²) in [6, 6.07) is 5.92. The molecule has 2 rings (SSSR count). The van der Waals surface area contributed by atoms with E-state index >= 15 is 0 Å². The van der Waals surface area contributed by atoms with Crippen molar-refractivity contribution in [3.05, 3.63) is 23.8 Å². The third kappa shape index (κ3) is 2.58. The Kier molecular flexibility index (Phi) is 3.75. The van der Waals surface area contributed by atoms with Crippen LogP contribution in [0, 0.1) is 0 Å². The van der Waals surface area contributed by atoms with E-state index in [4.69, 9.17) is 10.5 Å². The summed E-state index contributed by atoms with van der Waals surface area (Å²) in [6.07, 6.45) is 3.49. The molecule has 2 N–H and O–H groups in total. The molecule has 0 unspecified atom stereocenters. The standard InChI is InChI=1S/C14H20N2O2/c1-3-8-16(11-5-6-11)13-9-10(14(17)18-2)4-7-12(13)15/h4,7,9,11H,3,5-6,8,15H2,1-2H3. The van der Waals surface area contributed by atoms with E-state index in [0.29, 0.717) is 11.6 Å². The molecule has 0 spiro atoms. The van der Waals surface area contributed by atoms with E-state index in [1.165, 1.54) is 20.0 Å². The van der Waals surface area contributed by atoms with Crippen LogP contribution in [0.15, 0.2) is 18.2 Å². The van der Waals surface area contributed by atoms with Crippen molar-refractivity contribution in [3.8, 4) is 0 Å². The lowest BCUT2D eigenvalue weighted by molar-refractivity contribution is 0.0601. The highest BCUT2D eigenvalue weighted by atomic mass is 16.5. The van der Waals surface area contributed by atoms with Crippen molar-refractivity contribution in [1.82, 2.24) is 0 Å². The number of hydrogen-bond donors (Lipinski definition) is 1. The van der Waals surface area contributed by atoms with Crippen LogP contribution in [0.2, 0.25) is 0 Å². The number of anilines is 2. The fraction of sp³-hybridized carbons (Fsp3) is 0.500. The fourth-order valence-electron chi connectivity index (χ4n) is 2.16. The molecule has 18 heavy (non-hydrogen) atoms. The van der Waals surface area contributed by atoms with E-state index in [0.717, 1.165) is 24.3 Å². The molecule has 0 aliphatic heterocycles. The zero-order chi connectivity index (χ0) is 13.1. The molecule has 0 aromatic heterocycles. The summed E-state index contributed by atoms with van der Waals surface area (Å²) in [7, 11) is 1.39. The van der Waals surface area contributed by atoms with Crippen molar-refractivity contribution in [2.24, 2.45) is 0 Å². The van der Waals surface area contributed by atoms with Crippen molar-refractivity contribution < 1.29 is 9.53 Å². The van der Waals surface area contributed by atoms with Gasteiger partial charge in [0.1, 0.15) is 0 Å². The Morgan fingerprint density at radius 1 is 1.50 bits per heavy atom. The van der Waals surface area contributed by atoms with Gasteiger partial charge in [0.2, 0.25) is 0 Å². The quantitative estimate of drug-likeness (QED) is 0.642. The average Bonchev–Trinajstić information content (AvgIpc) is 3.20. The van der Waals surface area contributed by atoms with Gasteiger partial charge in [-0.05, 0) is 37.5 Å². The van der Waals surface area contributed by atoms with Crippen LogP contribution in [0.1, 0.15) is 36.5 Å². The molecule has 1 aromatic rings. The first-order chi connectivity index (χ1) is 8.67. The molecule has 0 atom stereocenters. The van der Waals surface area contributed by atoms with Crippen LogP contribution in [0.4, 0.5) is 11.4 Å². The first kappa shape index (κ1) is 12.7. The molecular weight excluding hydrogens is 228 g/mol. The molecule has 1 aliphatic rings. The van der Waals surface area contributed by atoms with Crippen molar-refractivity contribution in [2.45, 2.75) is 32.2 Å². The minimum atomic E-state index is -0.316. The van der Waals surface area contributed by atoms with Gasteiger partial charge in [-0.15, -0.1) is 0 Å². The summed E-state index contributed by atoms with van der Waals surface area (Å²) in [5.74, 6) is -0.316. The van der Waals surface area contributed by atoms with Crippen molar-refractivity contribution in [3.63, 3.8) is 0 Å². The fourth-order valence-corrected chi connectivity index (χ4v) is 2.16. The minimum Gasteiger partial charge on any atom is -0.465 e. The topological polar surface area (TPSA) is 55.6 Å². The third-order valence-corrected chi connectivity index (χ3v) is 3.21. The second kappa shape index (κ2) is 5.29. The lowest BCUT2D eigenvalue weighted by Gasteiger charge is -2.26. The lowest BCUT2D eigenvalue weighted by Crippen LogP contribution is -2.27. The van der Waals surface area contributed by atoms with Gasteiger partial charge in [-0.3, -0.25) is 0 Å². The smallest absolute Gasteiger partial charge is 0.337 e. The maximum absolute atomic E-state index is 11.6. The summed E-state index contributed by atoms with van der Waals surface area (Å²) < 4.78 is 4.75. The Balaban J connectivity index is 2.31. The maximum atomic E-state index is 11.6. The summed E-state index contributed by atoms with van der Waals surface area (Å²) in [4.78, 5) is 13.9. The van der Waals surface area contributed by atoms with E-state index in [9.17, 15) is 4.79 Å². The number of benzene rings is 1. The Morgan fingerprint density at radius 3 is 2.78 bits per heavy atom. The Morgan fingerprint density at radius 2 is 2.22 bits per heavy atom. The number of hydrogen-bond acceptors (Lipinski definition) is 4. The van der Waals surface area contributed by atoms with E-state index in [-0.39, 0.29) is 5.97 Å². The molecule has 0 heterocycles. The Bertz CT molecular complexity index is 441. The van der Waals surface area contributed by atoms with Crippen LogP contribution in [0.25, 0.3) is 0 Å². The predicted molar refractivity (Wildman–Crippen MR) is 72.9 cm³/mol. The molecule has 4 heteroatoms. The summed E-state index contributed by atoms with van der Waals surface area (Å²) in [5.41, 5.74) is 8.28. The Labute approximate surface area is 108 Å². The average molecular weight is 248 g/mol. The largest absolute Gasteiger partial charge is 0.465 e. The van der Waals surface area contributed by atoms with E-state index < -0.39 is 0 Å². The Hall–Kier alpha value is -1.71. The first-order valence-corrected chi connectivity index (χ1v) is 6.41. The molecule has 1 aliphatic carbocycles. The van der Waals surface area contributed by atoms with Gasteiger partial charge in [0, 0.05) is 12.6 Å². The lowest BCUT2D eigenvalue weighted by atomic mass is 10.1. The van der Waals surface area contributed by atoms with Gasteiger partial charge in [-0.2, -0.15) is 0 Å². The number of nitrogen functional groups attached to an aromatic ring is 1. The maximum Gasteiger partial charge on any atom is 0.337 e. The number of carbonyl (C=O) groups is 1. The number of ether oxygens (including phenoxy) is 1. The zero-order valence-corrected chi connectivity index (χ0v) is 11.0. The molecule has 0 saturated heterocycles. The molecule has 98 valence electrons. The molecule has 0 bridgehead atoms. The summed E-state index contributed by atoms with van der Waals surface area (Å²) in [6.45, 7) is 3.12. The summed E-state index contributed by atoms with van der Waals surface area (Å²) in [5, 5.41) is 0. The number of carbonyl (C=O) groups excluding carboxylic acids is 1. The number of methoxy groups -OCH3 is 1. The SMILES string of the molecule is CCCN(c1cc(C(=O)OC)ccc1N)C1CC1. The van der Waals surface area contributed by atoms with Gasteiger partial charge in [0.25, 0.3) is 0 Å². The number of rotatable bonds is 5. The molecule has 1 saturated carbocycles. The van der Waals surface area contributed by atoms with Crippen molar-refractivity contribution in [1.29, 1.82) is 0 Å². The number of esters is 1. The highest BCUT2D eigenvalue weighted by Gasteiger charge is 2.30. The van der Waals surface area contributed by atoms with Crippen LogP contribution in [-0.4, -0.2) is 25.7 Å². The van der Waals surface area contributed by atoms with Gasteiger partial charge in [0.05, 0.1) is 24.0 Å². The second-order valence-corrected chi connectivity index (χ2v) is 4.69. The highest BCUT2D eigenvalue weighted by molar-refractivity contribution is 5.92. The molecule has 1 fully saturated rings. The highest BCUT2D eigenvalue weighted by Crippen LogP contribution is 2.35. The molecule has 0 amide bonds. The summed E-state index contributed by atoms with van der Waals surface area (Å²) >= 11 is 0. The van der Waals surface area contributed by atoms with E-state index in [1.54, 1.807) is 12.1 Å². The van der Waals surface area contributed by atoms with E-state index in [1.807, 2.05) is 6.07 Å². The molecule has 4 nitrogen and oxygen atoms in total. The van der Waals surface area contributed by atoms with Crippen molar-refractivity contribution >= 4 is 17.3 Å². The van der Waals surface area contributed by atoms with Crippen LogP contribution < -0.4 is 10.6 Å². The van der Waals surface area contributed by atoms with Crippen molar-refractivity contribution in [2.75, 3.05) is 24.3 Å². The van der Waals surface area contributed by atoms with Gasteiger partial charge in [-0.25, -0.2) is 4.79 Å². The third-order valence-electron chi connectivity index (χ3n) is 3.21. The van der Waals surface area contributed by atoms with Crippen LogP contribution >= 0.6 is 0 Å². The van der Waals surface area contributed by atoms with Gasteiger partial charge in [0.15, 0.2) is 0 Å². The van der Waals surface area contributed by atoms with E-state index in [2.05, 4.69) is 11.8 Å². The molecule has 1 aromatic carbocycles. The number of nitrogens with two attached hydrogens (primary N) is 1. The van der Waals surface area contributed by atoms with Crippen LogP contribution in [-0.2, 0) is 4.74 Å². The normalized spacial score (nSPS) is 14.3. The predicted octanol–water partition coefficient (Wildman–Crippen LogP) is 2.43. The number of nitrogens with zero attached hydrogens (tertiary/aromatic N) is 1. The van der Waals surface area contributed by atoms with Gasteiger partial charge >= 0.3 is 5.97 Å². The molecule has 0 radical (unpaired) electrons. The van der Waals surface area contributed by atoms with Crippen LogP contribution in [0.5, 0.6) is 0 Å². The van der Waals surface area contributed by atoms with Gasteiger partial charge in [-0.1, -0.05) is 6.92 Å². The first-order valence-electron chi connectivity index (χ1n) is 6.41. The molecular formula is C14H20N2O2. The monoisotopic (exact) mass is 248 g/mol. The zero-order valence-electron chi connectivity index (χ0n) is 11.0. The van der Waals surface area contributed by atoms with Crippen LogP contribution in [0.3, 0.4) is 0 Å². The minimum absolute atomic E-state index is 0.316.